The quantitative estimate of drug-likeness (QED) is 0.798. The van der Waals surface area contributed by atoms with E-state index in [1.165, 1.54) is 0 Å². The Balaban J connectivity index is 2.67. The van der Waals surface area contributed by atoms with Crippen LogP contribution in [0.1, 0.15) is 19.5 Å². The number of benzene rings is 1. The lowest BCUT2D eigenvalue weighted by Crippen LogP contribution is -1.99. The number of allylic oxidation sites excluding steroid dienone is 4. The van der Waals surface area contributed by atoms with E-state index in [1.807, 2.05) is 56.3 Å². The van der Waals surface area contributed by atoms with Crippen LogP contribution >= 0.6 is 0 Å². The van der Waals surface area contributed by atoms with Crippen molar-refractivity contribution in [1.29, 1.82) is 0 Å². The molecule has 0 saturated carbocycles. The van der Waals surface area contributed by atoms with Crippen LogP contribution in [0.3, 0.4) is 0 Å². The third kappa shape index (κ3) is 2.33. The Labute approximate surface area is 101 Å². The number of nitrogen functional groups attached to an aromatic ring is 1. The van der Waals surface area contributed by atoms with Crippen LogP contribution in [0.25, 0.3) is 16.5 Å². The number of nitrogens with two attached hydrogens (primary N) is 1. The van der Waals surface area contributed by atoms with Gasteiger partial charge in [0.1, 0.15) is 0 Å². The van der Waals surface area contributed by atoms with E-state index in [2.05, 4.69) is 9.97 Å². The van der Waals surface area contributed by atoms with Crippen molar-refractivity contribution >= 4 is 22.4 Å². The van der Waals surface area contributed by atoms with E-state index in [1.54, 1.807) is 0 Å². The number of nitrogens with zero attached hydrogens (tertiary/aromatic N) is 2. The van der Waals surface area contributed by atoms with Gasteiger partial charge in [0.25, 0.3) is 0 Å². The summed E-state index contributed by atoms with van der Waals surface area (Å²) in [4.78, 5) is 8.54. The second-order valence-electron chi connectivity index (χ2n) is 3.82. The molecule has 1 heterocycles. The SMILES string of the molecule is C/C=C\C=C(/C)c1nc(N)nc2ccccc12. The minimum absolute atomic E-state index is 0.312. The van der Waals surface area contributed by atoms with Crippen molar-refractivity contribution in [3.8, 4) is 0 Å². The van der Waals surface area contributed by atoms with Gasteiger partial charge in [-0.15, -0.1) is 0 Å². The molecule has 86 valence electrons. The summed E-state index contributed by atoms with van der Waals surface area (Å²) in [5.41, 5.74) is 8.57. The van der Waals surface area contributed by atoms with Gasteiger partial charge in [0.05, 0.1) is 11.2 Å². The van der Waals surface area contributed by atoms with Gasteiger partial charge in [0.15, 0.2) is 0 Å². The standard InChI is InChI=1S/C14H15N3/c1-3-4-7-10(2)13-11-8-5-6-9-12(11)16-14(15)17-13/h3-9H,1-2H3,(H2,15,16,17)/b4-3-,10-7+. The zero-order valence-electron chi connectivity index (χ0n) is 10.0. The van der Waals surface area contributed by atoms with Crippen LogP contribution in [0.15, 0.2) is 42.5 Å². The maximum atomic E-state index is 5.72. The van der Waals surface area contributed by atoms with Crippen LogP contribution in [0.2, 0.25) is 0 Å². The molecule has 0 atom stereocenters. The Morgan fingerprint density at radius 1 is 1.24 bits per heavy atom. The summed E-state index contributed by atoms with van der Waals surface area (Å²) in [6.45, 7) is 4.00. The van der Waals surface area contributed by atoms with E-state index in [0.717, 1.165) is 22.2 Å². The molecule has 0 bridgehead atoms. The van der Waals surface area contributed by atoms with E-state index >= 15 is 0 Å². The smallest absolute Gasteiger partial charge is 0.221 e. The molecule has 1 aromatic carbocycles. The Morgan fingerprint density at radius 3 is 2.76 bits per heavy atom. The third-order valence-corrected chi connectivity index (χ3v) is 2.53. The van der Waals surface area contributed by atoms with Crippen molar-refractivity contribution in [2.75, 3.05) is 5.73 Å². The van der Waals surface area contributed by atoms with E-state index in [0.29, 0.717) is 5.95 Å². The van der Waals surface area contributed by atoms with Crippen LogP contribution in [0.5, 0.6) is 0 Å². The Morgan fingerprint density at radius 2 is 2.00 bits per heavy atom. The fourth-order valence-corrected chi connectivity index (χ4v) is 1.71. The first kappa shape index (κ1) is 11.3. The molecule has 3 nitrogen and oxygen atoms in total. The summed E-state index contributed by atoms with van der Waals surface area (Å²) >= 11 is 0. The molecule has 0 aliphatic heterocycles. The number of rotatable bonds is 2. The van der Waals surface area contributed by atoms with Gasteiger partial charge in [-0.1, -0.05) is 36.4 Å². The zero-order chi connectivity index (χ0) is 12.3. The van der Waals surface area contributed by atoms with E-state index in [9.17, 15) is 0 Å². The molecule has 3 heteroatoms. The lowest BCUT2D eigenvalue weighted by Gasteiger charge is -2.06. The lowest BCUT2D eigenvalue weighted by molar-refractivity contribution is 1.21. The average molecular weight is 225 g/mol. The van der Waals surface area contributed by atoms with E-state index in [4.69, 9.17) is 5.73 Å². The first-order chi connectivity index (χ1) is 8.22. The Bertz CT molecular complexity index is 597. The van der Waals surface area contributed by atoms with Gasteiger partial charge in [-0.05, 0) is 25.5 Å². The largest absolute Gasteiger partial charge is 0.368 e. The topological polar surface area (TPSA) is 51.8 Å². The molecule has 0 saturated heterocycles. The molecule has 0 radical (unpaired) electrons. The molecule has 0 fully saturated rings. The second kappa shape index (κ2) is 4.78. The number of fused-ring (bicyclic) bond motifs is 1. The number of hydrogen-bond donors (Lipinski definition) is 1. The highest BCUT2D eigenvalue weighted by Crippen LogP contribution is 2.22. The summed E-state index contributed by atoms with van der Waals surface area (Å²) in [5, 5.41) is 1.03. The highest BCUT2D eigenvalue weighted by molar-refractivity contribution is 5.90. The molecule has 0 amide bonds. The van der Waals surface area contributed by atoms with Gasteiger partial charge in [0, 0.05) is 5.39 Å². The number of anilines is 1. The van der Waals surface area contributed by atoms with Gasteiger partial charge < -0.3 is 5.73 Å². The molecule has 0 unspecified atom stereocenters. The second-order valence-corrected chi connectivity index (χ2v) is 3.82. The fourth-order valence-electron chi connectivity index (χ4n) is 1.71. The van der Waals surface area contributed by atoms with Crippen molar-refractivity contribution in [2.24, 2.45) is 0 Å². The van der Waals surface area contributed by atoms with Crippen molar-refractivity contribution in [1.82, 2.24) is 9.97 Å². The average Bonchev–Trinajstić information content (AvgIpc) is 2.34. The van der Waals surface area contributed by atoms with Gasteiger partial charge in [-0.25, -0.2) is 9.97 Å². The Kier molecular flexibility index (Phi) is 3.19. The molecule has 2 aromatic rings. The molecule has 0 aliphatic carbocycles. The lowest BCUT2D eigenvalue weighted by atomic mass is 10.1. The zero-order valence-corrected chi connectivity index (χ0v) is 10.0. The summed E-state index contributed by atoms with van der Waals surface area (Å²) in [7, 11) is 0. The molecule has 17 heavy (non-hydrogen) atoms. The highest BCUT2D eigenvalue weighted by Gasteiger charge is 2.06. The minimum Gasteiger partial charge on any atom is -0.368 e. The Hall–Kier alpha value is -2.16. The van der Waals surface area contributed by atoms with Crippen molar-refractivity contribution in [3.05, 3.63) is 48.2 Å². The number of hydrogen-bond acceptors (Lipinski definition) is 3. The molecule has 0 spiro atoms. The van der Waals surface area contributed by atoms with Crippen molar-refractivity contribution in [2.45, 2.75) is 13.8 Å². The normalized spacial score (nSPS) is 12.5. The van der Waals surface area contributed by atoms with Crippen LogP contribution in [-0.2, 0) is 0 Å². The first-order valence-corrected chi connectivity index (χ1v) is 5.54. The summed E-state index contributed by atoms with van der Waals surface area (Å²) in [6.07, 6.45) is 5.99. The monoisotopic (exact) mass is 225 g/mol. The summed E-state index contributed by atoms with van der Waals surface area (Å²) in [5.74, 6) is 0.312. The summed E-state index contributed by atoms with van der Waals surface area (Å²) in [6, 6.07) is 7.88. The maximum absolute atomic E-state index is 5.72. The molecule has 2 N–H and O–H groups in total. The van der Waals surface area contributed by atoms with Gasteiger partial charge in [-0.3, -0.25) is 0 Å². The van der Waals surface area contributed by atoms with Crippen LogP contribution in [0.4, 0.5) is 5.95 Å². The maximum Gasteiger partial charge on any atom is 0.221 e. The predicted molar refractivity (Wildman–Crippen MR) is 72.4 cm³/mol. The first-order valence-electron chi connectivity index (χ1n) is 5.54. The van der Waals surface area contributed by atoms with Crippen LogP contribution in [-0.4, -0.2) is 9.97 Å². The fraction of sp³-hybridized carbons (Fsp3) is 0.143. The van der Waals surface area contributed by atoms with E-state index in [-0.39, 0.29) is 0 Å². The number of para-hydroxylation sites is 1. The van der Waals surface area contributed by atoms with Gasteiger partial charge in [-0.2, -0.15) is 0 Å². The molecule has 0 aliphatic rings. The molecule has 2 rings (SSSR count). The van der Waals surface area contributed by atoms with Gasteiger partial charge in [0.2, 0.25) is 5.95 Å². The predicted octanol–water partition coefficient (Wildman–Crippen LogP) is 3.19. The minimum atomic E-state index is 0.312. The van der Waals surface area contributed by atoms with Crippen LogP contribution < -0.4 is 5.73 Å². The molecular formula is C14H15N3. The molecular weight excluding hydrogens is 210 g/mol. The highest BCUT2D eigenvalue weighted by atomic mass is 15.0. The van der Waals surface area contributed by atoms with E-state index < -0.39 is 0 Å². The van der Waals surface area contributed by atoms with Crippen LogP contribution in [0, 0.1) is 0 Å². The number of aromatic nitrogens is 2. The third-order valence-electron chi connectivity index (χ3n) is 2.53. The van der Waals surface area contributed by atoms with Crippen molar-refractivity contribution < 1.29 is 0 Å². The molecule has 1 aromatic heterocycles. The van der Waals surface area contributed by atoms with Gasteiger partial charge >= 0.3 is 0 Å². The van der Waals surface area contributed by atoms with Crippen molar-refractivity contribution in [3.63, 3.8) is 0 Å². The summed E-state index contributed by atoms with van der Waals surface area (Å²) < 4.78 is 0.